The zero-order chi connectivity index (χ0) is 19.3. The highest BCUT2D eigenvalue weighted by Gasteiger charge is 2.34. The van der Waals surface area contributed by atoms with Crippen molar-refractivity contribution in [3.63, 3.8) is 0 Å². The van der Waals surface area contributed by atoms with Gasteiger partial charge in [-0.3, -0.25) is 0 Å². The van der Waals surface area contributed by atoms with E-state index >= 15 is 0 Å². The van der Waals surface area contributed by atoms with Gasteiger partial charge in [-0.15, -0.1) is 0 Å². The lowest BCUT2D eigenvalue weighted by molar-refractivity contribution is 0.0771. The number of ether oxygens (including phenoxy) is 2. The van der Waals surface area contributed by atoms with Gasteiger partial charge < -0.3 is 19.9 Å². The summed E-state index contributed by atoms with van der Waals surface area (Å²) in [5.74, 6) is 2.15. The number of unbranched alkanes of at least 4 members (excludes halogenated alkanes) is 1. The number of fused-ring (bicyclic) bond motifs is 1. The molecule has 0 radical (unpaired) electrons. The third kappa shape index (κ3) is 5.16. The molecular weight excluding hydrogens is 338 g/mol. The molecule has 146 valence electrons. The van der Waals surface area contributed by atoms with Crippen LogP contribution in [0.4, 0.5) is 0 Å². The molecule has 0 spiro atoms. The quantitative estimate of drug-likeness (QED) is 0.653. The Morgan fingerprint density at radius 3 is 2.67 bits per heavy atom. The van der Waals surface area contributed by atoms with Crippen molar-refractivity contribution in [3.05, 3.63) is 53.6 Å². The van der Waals surface area contributed by atoms with Crippen LogP contribution in [0.15, 0.2) is 42.5 Å². The Hall–Kier alpha value is -2.20. The van der Waals surface area contributed by atoms with E-state index < -0.39 is 0 Å². The summed E-state index contributed by atoms with van der Waals surface area (Å²) < 4.78 is 11.9. The molecule has 2 N–H and O–H groups in total. The van der Waals surface area contributed by atoms with E-state index in [9.17, 15) is 5.11 Å². The molecule has 1 aliphatic rings. The van der Waals surface area contributed by atoms with Gasteiger partial charge in [-0.2, -0.15) is 0 Å². The highest BCUT2D eigenvalue weighted by atomic mass is 16.5. The molecule has 0 saturated heterocycles. The Bertz CT molecular complexity index is 740. The summed E-state index contributed by atoms with van der Waals surface area (Å²) in [5, 5.41) is 13.2. The molecule has 1 heterocycles. The minimum absolute atomic E-state index is 0.237. The van der Waals surface area contributed by atoms with E-state index in [0.717, 1.165) is 36.6 Å². The highest BCUT2D eigenvalue weighted by molar-refractivity contribution is 5.48. The first-order valence-corrected chi connectivity index (χ1v) is 9.94. The summed E-state index contributed by atoms with van der Waals surface area (Å²) in [5.41, 5.74) is 2.10. The van der Waals surface area contributed by atoms with Crippen LogP contribution in [0.2, 0.25) is 0 Å². The lowest BCUT2D eigenvalue weighted by Gasteiger charge is -2.38. The average molecular weight is 370 g/mol. The molecule has 0 fully saturated rings. The topological polar surface area (TPSA) is 50.7 Å². The van der Waals surface area contributed by atoms with E-state index in [4.69, 9.17) is 9.47 Å². The van der Waals surface area contributed by atoms with Crippen molar-refractivity contribution >= 4 is 0 Å². The molecule has 1 atom stereocenters. The molecule has 0 unspecified atom stereocenters. The SMILES string of the molecule is CCCCNCCOc1ccc([C@H]2CC(C)(C)Oc3cc(O)ccc32)cc1. The van der Waals surface area contributed by atoms with Gasteiger partial charge >= 0.3 is 0 Å². The molecule has 2 aromatic rings. The maximum Gasteiger partial charge on any atom is 0.127 e. The molecule has 4 nitrogen and oxygen atoms in total. The predicted molar refractivity (Wildman–Crippen MR) is 109 cm³/mol. The minimum Gasteiger partial charge on any atom is -0.508 e. The Labute approximate surface area is 162 Å². The molecule has 1 aliphatic heterocycles. The van der Waals surface area contributed by atoms with E-state index in [-0.39, 0.29) is 17.3 Å². The van der Waals surface area contributed by atoms with Gasteiger partial charge in [0.15, 0.2) is 0 Å². The van der Waals surface area contributed by atoms with Crippen LogP contribution in [0.25, 0.3) is 0 Å². The zero-order valence-corrected chi connectivity index (χ0v) is 16.6. The van der Waals surface area contributed by atoms with E-state index in [1.165, 1.54) is 18.4 Å². The number of rotatable bonds is 8. The van der Waals surface area contributed by atoms with Crippen molar-refractivity contribution in [1.29, 1.82) is 0 Å². The van der Waals surface area contributed by atoms with E-state index in [2.05, 4.69) is 38.2 Å². The van der Waals surface area contributed by atoms with Gasteiger partial charge in [0, 0.05) is 24.1 Å². The Balaban J connectivity index is 1.66. The number of benzene rings is 2. The first-order chi connectivity index (χ1) is 13.0. The molecule has 27 heavy (non-hydrogen) atoms. The second-order valence-electron chi connectivity index (χ2n) is 7.86. The average Bonchev–Trinajstić information content (AvgIpc) is 2.63. The van der Waals surface area contributed by atoms with Gasteiger partial charge in [0.25, 0.3) is 0 Å². The van der Waals surface area contributed by atoms with Crippen molar-refractivity contribution in [2.24, 2.45) is 0 Å². The standard InChI is InChI=1S/C23H31NO3/c1-4-5-12-24-13-14-26-19-9-6-17(7-10-19)21-16-23(2,3)27-22-15-18(25)8-11-20(21)22/h6-11,15,21,24-25H,4-5,12-14,16H2,1-3H3/t21-/m1/s1. The van der Waals surface area contributed by atoms with Gasteiger partial charge in [0.2, 0.25) is 0 Å². The molecule has 4 heteroatoms. The summed E-state index contributed by atoms with van der Waals surface area (Å²) in [7, 11) is 0. The summed E-state index contributed by atoms with van der Waals surface area (Å²) in [6.07, 6.45) is 3.31. The van der Waals surface area contributed by atoms with Crippen molar-refractivity contribution in [2.75, 3.05) is 19.7 Å². The lowest BCUT2D eigenvalue weighted by atomic mass is 9.80. The van der Waals surface area contributed by atoms with Crippen LogP contribution >= 0.6 is 0 Å². The van der Waals surface area contributed by atoms with E-state index in [0.29, 0.717) is 6.61 Å². The monoisotopic (exact) mass is 369 g/mol. The van der Waals surface area contributed by atoms with Crippen LogP contribution < -0.4 is 14.8 Å². The highest BCUT2D eigenvalue weighted by Crippen LogP contribution is 2.45. The molecule has 2 aromatic carbocycles. The fraction of sp³-hybridized carbons (Fsp3) is 0.478. The molecule has 0 amide bonds. The van der Waals surface area contributed by atoms with Crippen LogP contribution in [0, 0.1) is 0 Å². The first-order valence-electron chi connectivity index (χ1n) is 9.94. The second-order valence-corrected chi connectivity index (χ2v) is 7.86. The normalized spacial score (nSPS) is 17.8. The molecular formula is C23H31NO3. The smallest absolute Gasteiger partial charge is 0.127 e. The third-order valence-electron chi connectivity index (χ3n) is 4.99. The molecule has 0 bridgehead atoms. The lowest BCUT2D eigenvalue weighted by Crippen LogP contribution is -2.35. The number of hydrogen-bond donors (Lipinski definition) is 2. The Morgan fingerprint density at radius 2 is 1.93 bits per heavy atom. The van der Waals surface area contributed by atoms with Gasteiger partial charge in [-0.1, -0.05) is 31.5 Å². The number of aromatic hydroxyl groups is 1. The Morgan fingerprint density at radius 1 is 1.15 bits per heavy atom. The molecule has 3 rings (SSSR count). The van der Waals surface area contributed by atoms with Crippen molar-refractivity contribution in [3.8, 4) is 17.2 Å². The number of hydrogen-bond acceptors (Lipinski definition) is 4. The van der Waals surface area contributed by atoms with Gasteiger partial charge in [0.05, 0.1) is 0 Å². The fourth-order valence-corrected chi connectivity index (χ4v) is 3.60. The van der Waals surface area contributed by atoms with Crippen molar-refractivity contribution in [1.82, 2.24) is 5.32 Å². The van der Waals surface area contributed by atoms with Crippen molar-refractivity contribution in [2.45, 2.75) is 51.6 Å². The second kappa shape index (κ2) is 8.66. The molecule has 0 aliphatic carbocycles. The summed E-state index contributed by atoms with van der Waals surface area (Å²) in [6.45, 7) is 8.97. The predicted octanol–water partition coefficient (Wildman–Crippen LogP) is 4.85. The largest absolute Gasteiger partial charge is 0.508 e. The summed E-state index contributed by atoms with van der Waals surface area (Å²) in [4.78, 5) is 0. The maximum atomic E-state index is 9.80. The maximum absolute atomic E-state index is 9.80. The first kappa shape index (κ1) is 19.6. The zero-order valence-electron chi connectivity index (χ0n) is 16.6. The fourth-order valence-electron chi connectivity index (χ4n) is 3.60. The molecule has 0 aromatic heterocycles. The van der Waals surface area contributed by atoms with Gasteiger partial charge in [0.1, 0.15) is 29.5 Å². The Kier molecular flexibility index (Phi) is 6.27. The summed E-state index contributed by atoms with van der Waals surface area (Å²) >= 11 is 0. The van der Waals surface area contributed by atoms with Gasteiger partial charge in [-0.25, -0.2) is 0 Å². The van der Waals surface area contributed by atoms with Crippen LogP contribution in [-0.2, 0) is 0 Å². The van der Waals surface area contributed by atoms with Crippen LogP contribution in [0.3, 0.4) is 0 Å². The van der Waals surface area contributed by atoms with Crippen LogP contribution in [0.5, 0.6) is 17.2 Å². The molecule has 0 saturated carbocycles. The third-order valence-corrected chi connectivity index (χ3v) is 4.99. The number of phenolic OH excluding ortho intramolecular Hbond substituents is 1. The van der Waals surface area contributed by atoms with Crippen LogP contribution in [0.1, 0.15) is 57.1 Å². The number of phenols is 1. The summed E-state index contributed by atoms with van der Waals surface area (Å²) in [6, 6.07) is 13.8. The van der Waals surface area contributed by atoms with Gasteiger partial charge in [-0.05, 0) is 57.0 Å². The van der Waals surface area contributed by atoms with Crippen LogP contribution in [-0.4, -0.2) is 30.4 Å². The van der Waals surface area contributed by atoms with E-state index in [1.54, 1.807) is 12.1 Å². The van der Waals surface area contributed by atoms with E-state index in [1.807, 2.05) is 18.2 Å². The van der Waals surface area contributed by atoms with Crippen molar-refractivity contribution < 1.29 is 14.6 Å². The minimum atomic E-state index is -0.273. The number of nitrogens with one attached hydrogen (secondary N) is 1.